The number of rotatable bonds is 11. The number of benzene rings is 5. The molecule has 4 aromatic heterocycles. The SMILES string of the molecule is Cc1cn(Cc2cccc(NC(=O)C3CN(C4c5ccc(Cl)cc5CCc5cc(Br)cnc54)CCN3)c2)cn1.Cc1cn(Cc2cccc(NC(=O)C3CN(C4c5ccc(Cl)cc5CCc5cc(Br)cnc54)CCN3C(=O)Nc3ccc(Cl)cc3)c2)cn1. The minimum Gasteiger partial charge on any atom is -0.333 e. The number of hydrogen-bond acceptors (Lipinski definition) is 10. The van der Waals surface area contributed by atoms with E-state index in [1.807, 2.05) is 115 Å². The van der Waals surface area contributed by atoms with Crippen molar-refractivity contribution in [1.82, 2.24) is 49.1 Å². The van der Waals surface area contributed by atoms with Gasteiger partial charge < -0.3 is 35.3 Å². The minimum atomic E-state index is -0.807. The Kier molecular flexibility index (Phi) is 18.9. The molecule has 0 radical (unpaired) electrons. The molecule has 4 aliphatic rings. The van der Waals surface area contributed by atoms with E-state index in [0.29, 0.717) is 60.7 Å². The first-order chi connectivity index (χ1) is 42.6. The molecular formula is C67H64Br2Cl3N13O3. The van der Waals surface area contributed by atoms with E-state index in [1.54, 1.807) is 35.5 Å². The number of amides is 4. The van der Waals surface area contributed by atoms with Crippen molar-refractivity contribution >= 4 is 102 Å². The zero-order chi connectivity index (χ0) is 61.0. The summed E-state index contributed by atoms with van der Waals surface area (Å²) < 4.78 is 5.94. The third-order valence-electron chi connectivity index (χ3n) is 16.5. The quantitative estimate of drug-likeness (QED) is 0.0977. The third-order valence-corrected chi connectivity index (χ3v) is 18.1. The highest BCUT2D eigenvalue weighted by Crippen LogP contribution is 2.41. The molecule has 88 heavy (non-hydrogen) atoms. The van der Waals surface area contributed by atoms with E-state index in [2.05, 4.69) is 109 Å². The van der Waals surface area contributed by atoms with Crippen LogP contribution in [0.25, 0.3) is 0 Å². The van der Waals surface area contributed by atoms with E-state index in [1.165, 1.54) is 16.7 Å². The summed E-state index contributed by atoms with van der Waals surface area (Å²) in [4.78, 5) is 66.3. The van der Waals surface area contributed by atoms with Gasteiger partial charge in [-0.25, -0.2) is 14.8 Å². The van der Waals surface area contributed by atoms with Gasteiger partial charge in [0.15, 0.2) is 0 Å². The standard InChI is InChI=1S/C37H34BrCl2N7O2.C30H30BrClN6O/c1-23-19-45(22-42-23)20-24-3-2-4-31(15-24)43-36(48)33-21-46(13-14-47(33)37(49)44-30-10-7-28(39)8-11-30)35-32-12-9-29(40)17-25(32)5-6-26-16-27(38)18-41-34(26)35;1-19-15-37(18-35-19)16-20-3-2-4-25(11-20)36-30(39)27-17-38(10-9-33-27)29-26-8-7-24(32)13-21(26)5-6-22-12-23(31)14-34-28(22)29/h2-4,7-12,15-19,22,33,35H,5-6,13-14,20-21H2,1H3,(H,43,48)(H,44,49);2-4,7-8,11-15,18,27,29,33H,5-6,9-10,16-17H2,1H3,(H,36,39). The number of nitrogens with one attached hydrogen (secondary N) is 4. The number of pyridine rings is 2. The molecule has 13 rings (SSSR count). The Bertz CT molecular complexity index is 3940. The van der Waals surface area contributed by atoms with Crippen LogP contribution in [0.5, 0.6) is 0 Å². The Labute approximate surface area is 543 Å². The lowest BCUT2D eigenvalue weighted by Gasteiger charge is -2.43. The summed E-state index contributed by atoms with van der Waals surface area (Å²) in [5, 5.41) is 14.7. The minimum absolute atomic E-state index is 0.0377. The molecule has 450 valence electrons. The normalized spacial score (nSPS) is 18.2. The van der Waals surface area contributed by atoms with Gasteiger partial charge in [-0.05, 0) is 201 Å². The second-order valence-electron chi connectivity index (χ2n) is 22.8. The highest BCUT2D eigenvalue weighted by Gasteiger charge is 2.41. The van der Waals surface area contributed by atoms with Gasteiger partial charge in [0.25, 0.3) is 0 Å². The zero-order valence-electron chi connectivity index (χ0n) is 48.4. The van der Waals surface area contributed by atoms with Crippen molar-refractivity contribution < 1.29 is 14.4 Å². The van der Waals surface area contributed by atoms with Gasteiger partial charge in [0.1, 0.15) is 6.04 Å². The average Bonchev–Trinajstić information content (AvgIpc) is 1.97. The van der Waals surface area contributed by atoms with Gasteiger partial charge in [-0.15, -0.1) is 0 Å². The van der Waals surface area contributed by atoms with Crippen LogP contribution in [0.1, 0.15) is 79.4 Å². The molecule has 0 spiro atoms. The lowest BCUT2D eigenvalue weighted by molar-refractivity contribution is -0.122. The topological polar surface area (TPSA) is 170 Å². The van der Waals surface area contributed by atoms with Crippen molar-refractivity contribution in [2.75, 3.05) is 55.2 Å². The van der Waals surface area contributed by atoms with Crippen LogP contribution in [0.2, 0.25) is 15.1 Å². The van der Waals surface area contributed by atoms with Crippen LogP contribution < -0.4 is 21.3 Å². The molecule has 4 N–H and O–H groups in total. The van der Waals surface area contributed by atoms with Gasteiger partial charge in [0.05, 0.1) is 53.6 Å². The van der Waals surface area contributed by atoms with Crippen LogP contribution in [0, 0.1) is 13.8 Å². The van der Waals surface area contributed by atoms with Crippen molar-refractivity contribution in [3.63, 3.8) is 0 Å². The van der Waals surface area contributed by atoms with E-state index in [0.717, 1.165) is 102 Å². The maximum Gasteiger partial charge on any atom is 0.322 e. The van der Waals surface area contributed by atoms with Crippen LogP contribution in [-0.2, 0) is 48.4 Å². The van der Waals surface area contributed by atoms with Crippen molar-refractivity contribution in [1.29, 1.82) is 0 Å². The van der Waals surface area contributed by atoms with Gasteiger partial charge in [-0.3, -0.25) is 29.4 Å². The molecule has 5 aromatic carbocycles. The summed E-state index contributed by atoms with van der Waals surface area (Å²) in [6.07, 6.45) is 14.7. The van der Waals surface area contributed by atoms with Crippen molar-refractivity contribution in [3.8, 4) is 0 Å². The number of carbonyl (C=O) groups is 3. The van der Waals surface area contributed by atoms with Gasteiger partial charge in [0, 0.05) is 118 Å². The Balaban J connectivity index is 0.000000176. The Morgan fingerprint density at radius 2 is 1.06 bits per heavy atom. The smallest absolute Gasteiger partial charge is 0.322 e. The first kappa shape index (κ1) is 61.0. The number of imidazole rings is 2. The van der Waals surface area contributed by atoms with E-state index in [9.17, 15) is 14.4 Å². The van der Waals surface area contributed by atoms with E-state index in [4.69, 9.17) is 44.8 Å². The molecule has 0 saturated carbocycles. The van der Waals surface area contributed by atoms with Crippen LogP contribution in [0.3, 0.4) is 0 Å². The number of aryl methyl sites for hydroxylation is 6. The predicted octanol–water partition coefficient (Wildman–Crippen LogP) is 12.9. The van der Waals surface area contributed by atoms with Gasteiger partial charge >= 0.3 is 6.03 Å². The number of nitrogens with zero attached hydrogens (tertiary/aromatic N) is 9. The van der Waals surface area contributed by atoms with Crippen LogP contribution in [-0.4, -0.2) is 113 Å². The first-order valence-electron chi connectivity index (χ1n) is 29.3. The number of hydrogen-bond donors (Lipinski definition) is 4. The highest BCUT2D eigenvalue weighted by atomic mass is 79.9. The van der Waals surface area contributed by atoms with Gasteiger partial charge in [-0.2, -0.15) is 0 Å². The van der Waals surface area contributed by atoms with Crippen molar-refractivity contribution in [3.05, 3.63) is 250 Å². The molecule has 4 amide bonds. The molecule has 21 heteroatoms. The highest BCUT2D eigenvalue weighted by molar-refractivity contribution is 9.10. The lowest BCUT2D eigenvalue weighted by atomic mass is 9.95. The predicted molar refractivity (Wildman–Crippen MR) is 353 cm³/mol. The number of halogens is 5. The summed E-state index contributed by atoms with van der Waals surface area (Å²) in [5.74, 6) is -0.315. The summed E-state index contributed by atoms with van der Waals surface area (Å²) in [5.41, 5.74) is 15.2. The van der Waals surface area contributed by atoms with Gasteiger partial charge in [-0.1, -0.05) is 71.2 Å². The fourth-order valence-corrected chi connectivity index (χ4v) is 13.7. The third kappa shape index (κ3) is 14.4. The zero-order valence-corrected chi connectivity index (χ0v) is 53.9. The monoisotopic (exact) mass is 1360 g/mol. The number of piperazine rings is 2. The number of anilines is 3. The Hall–Kier alpha value is -7.26. The van der Waals surface area contributed by atoms with Crippen molar-refractivity contribution in [2.24, 2.45) is 0 Å². The summed E-state index contributed by atoms with van der Waals surface area (Å²) in [6, 6.07) is 37.4. The molecule has 2 saturated heterocycles. The molecular weight excluding hydrogens is 1300 g/mol. The number of fused-ring (bicyclic) bond motifs is 4. The Morgan fingerprint density at radius 1 is 0.545 bits per heavy atom. The van der Waals surface area contributed by atoms with Crippen LogP contribution in [0.15, 0.2) is 168 Å². The van der Waals surface area contributed by atoms with Crippen LogP contribution >= 0.6 is 66.7 Å². The molecule has 9 aromatic rings. The maximum atomic E-state index is 14.3. The molecule has 0 bridgehead atoms. The van der Waals surface area contributed by atoms with E-state index < -0.39 is 6.04 Å². The molecule has 4 atom stereocenters. The second-order valence-corrected chi connectivity index (χ2v) is 25.9. The average molecular weight is 1370 g/mol. The molecule has 16 nitrogen and oxygen atoms in total. The molecule has 2 fully saturated rings. The summed E-state index contributed by atoms with van der Waals surface area (Å²) in [6.45, 7) is 8.48. The fourth-order valence-electron chi connectivity index (χ4n) is 12.5. The maximum absolute atomic E-state index is 14.3. The van der Waals surface area contributed by atoms with Crippen molar-refractivity contribution in [2.45, 2.75) is 76.8 Å². The fraction of sp³-hybridized carbons (Fsp3) is 0.269. The molecule has 6 heterocycles. The lowest BCUT2D eigenvalue weighted by Crippen LogP contribution is -2.61. The molecule has 2 aliphatic heterocycles. The number of aromatic nitrogens is 6. The number of carbonyl (C=O) groups excluding carboxylic acids is 3. The molecule has 2 aliphatic carbocycles. The Morgan fingerprint density at radius 3 is 1.59 bits per heavy atom. The van der Waals surface area contributed by atoms with Gasteiger partial charge in [0.2, 0.25) is 11.8 Å². The van der Waals surface area contributed by atoms with Crippen LogP contribution in [0.4, 0.5) is 21.9 Å². The summed E-state index contributed by atoms with van der Waals surface area (Å²) in [7, 11) is 0. The second kappa shape index (κ2) is 27.2. The number of urea groups is 1. The molecule has 4 unspecified atom stereocenters. The van der Waals surface area contributed by atoms with E-state index >= 15 is 0 Å². The summed E-state index contributed by atoms with van der Waals surface area (Å²) >= 11 is 26.2. The first-order valence-corrected chi connectivity index (χ1v) is 32.0. The van der Waals surface area contributed by atoms with E-state index in [-0.39, 0.29) is 42.5 Å². The largest absolute Gasteiger partial charge is 0.333 e.